The molecule has 0 unspecified atom stereocenters. The van der Waals surface area contributed by atoms with E-state index < -0.39 is 0 Å². The Bertz CT molecular complexity index is 240. The number of hydrogen-bond donors (Lipinski definition) is 2. The van der Waals surface area contributed by atoms with E-state index in [1.54, 1.807) is 0 Å². The van der Waals surface area contributed by atoms with Crippen molar-refractivity contribution >= 4 is 5.91 Å². The summed E-state index contributed by atoms with van der Waals surface area (Å²) >= 11 is 0. The highest BCUT2D eigenvalue weighted by Crippen LogP contribution is 2.28. The first-order chi connectivity index (χ1) is 7.37. The Labute approximate surface area is 97.9 Å². The number of ether oxygens (including phenoxy) is 1. The standard InChI is InChI=1S/C12H24N2O2/c1-11(2,3)16-8-10(15)14-12(9-13)6-4-5-7-12/h4-9,13H2,1-3H3,(H,14,15). The fraction of sp³-hybridized carbons (Fsp3) is 0.917. The molecule has 1 amide bonds. The fourth-order valence-electron chi connectivity index (χ4n) is 2.05. The molecule has 1 aliphatic carbocycles. The third kappa shape index (κ3) is 4.10. The van der Waals surface area contributed by atoms with E-state index in [1.807, 2.05) is 20.8 Å². The van der Waals surface area contributed by atoms with Crippen LogP contribution in [0.25, 0.3) is 0 Å². The molecule has 0 aromatic heterocycles. The van der Waals surface area contributed by atoms with Gasteiger partial charge in [0.05, 0.1) is 11.1 Å². The Hall–Kier alpha value is -0.610. The van der Waals surface area contributed by atoms with Crippen LogP contribution < -0.4 is 11.1 Å². The van der Waals surface area contributed by atoms with Gasteiger partial charge in [-0.3, -0.25) is 4.79 Å². The van der Waals surface area contributed by atoms with Gasteiger partial charge in [-0.25, -0.2) is 0 Å². The van der Waals surface area contributed by atoms with Crippen LogP contribution in [0.2, 0.25) is 0 Å². The number of carbonyl (C=O) groups is 1. The molecular formula is C12H24N2O2. The third-order valence-corrected chi connectivity index (χ3v) is 2.99. The highest BCUT2D eigenvalue weighted by atomic mass is 16.5. The van der Waals surface area contributed by atoms with Crippen molar-refractivity contribution in [1.82, 2.24) is 5.32 Å². The van der Waals surface area contributed by atoms with Gasteiger partial charge in [0.25, 0.3) is 0 Å². The Morgan fingerprint density at radius 1 is 1.38 bits per heavy atom. The molecule has 1 fully saturated rings. The summed E-state index contributed by atoms with van der Waals surface area (Å²) in [7, 11) is 0. The van der Waals surface area contributed by atoms with Gasteiger partial charge >= 0.3 is 0 Å². The third-order valence-electron chi connectivity index (χ3n) is 2.99. The Kier molecular flexibility index (Phi) is 4.33. The molecule has 0 heterocycles. The first kappa shape index (κ1) is 13.5. The lowest BCUT2D eigenvalue weighted by Gasteiger charge is -2.29. The van der Waals surface area contributed by atoms with Gasteiger partial charge in [-0.1, -0.05) is 12.8 Å². The van der Waals surface area contributed by atoms with Crippen LogP contribution in [0.4, 0.5) is 0 Å². The first-order valence-electron chi connectivity index (χ1n) is 6.02. The zero-order chi connectivity index (χ0) is 12.2. The summed E-state index contributed by atoms with van der Waals surface area (Å²) in [6.45, 7) is 6.46. The number of amides is 1. The van der Waals surface area contributed by atoms with Crippen LogP contribution in [-0.4, -0.2) is 30.2 Å². The topological polar surface area (TPSA) is 64.3 Å². The summed E-state index contributed by atoms with van der Waals surface area (Å²) < 4.78 is 5.44. The number of nitrogens with two attached hydrogens (primary N) is 1. The van der Waals surface area contributed by atoms with Gasteiger partial charge in [-0.2, -0.15) is 0 Å². The van der Waals surface area contributed by atoms with Crippen molar-refractivity contribution in [3.8, 4) is 0 Å². The zero-order valence-corrected chi connectivity index (χ0v) is 10.6. The molecule has 0 radical (unpaired) electrons. The fourth-order valence-corrected chi connectivity index (χ4v) is 2.05. The maximum absolute atomic E-state index is 11.7. The minimum atomic E-state index is -0.275. The normalized spacial score (nSPS) is 19.8. The second-order valence-corrected chi connectivity index (χ2v) is 5.64. The Balaban J connectivity index is 2.38. The second-order valence-electron chi connectivity index (χ2n) is 5.64. The van der Waals surface area contributed by atoms with Gasteiger partial charge in [-0.15, -0.1) is 0 Å². The smallest absolute Gasteiger partial charge is 0.246 e. The quantitative estimate of drug-likeness (QED) is 0.759. The molecule has 4 heteroatoms. The lowest BCUT2D eigenvalue weighted by atomic mass is 9.98. The average molecular weight is 228 g/mol. The van der Waals surface area contributed by atoms with Crippen LogP contribution >= 0.6 is 0 Å². The van der Waals surface area contributed by atoms with Gasteiger partial charge in [0, 0.05) is 6.54 Å². The van der Waals surface area contributed by atoms with Crippen molar-refractivity contribution in [2.75, 3.05) is 13.2 Å². The summed E-state index contributed by atoms with van der Waals surface area (Å²) in [4.78, 5) is 11.7. The summed E-state index contributed by atoms with van der Waals surface area (Å²) in [5.41, 5.74) is 5.30. The van der Waals surface area contributed by atoms with Crippen molar-refractivity contribution < 1.29 is 9.53 Å². The van der Waals surface area contributed by atoms with E-state index in [4.69, 9.17) is 10.5 Å². The van der Waals surface area contributed by atoms with Crippen molar-refractivity contribution in [3.63, 3.8) is 0 Å². The largest absolute Gasteiger partial charge is 0.366 e. The predicted octanol–water partition coefficient (Wildman–Crippen LogP) is 1.19. The van der Waals surface area contributed by atoms with Crippen LogP contribution in [0.1, 0.15) is 46.5 Å². The highest BCUT2D eigenvalue weighted by Gasteiger charge is 2.33. The molecule has 4 nitrogen and oxygen atoms in total. The van der Waals surface area contributed by atoms with E-state index in [1.165, 1.54) is 0 Å². The van der Waals surface area contributed by atoms with Crippen molar-refractivity contribution in [1.29, 1.82) is 0 Å². The molecule has 1 aliphatic rings. The van der Waals surface area contributed by atoms with E-state index in [2.05, 4.69) is 5.32 Å². The van der Waals surface area contributed by atoms with Crippen molar-refractivity contribution in [2.45, 2.75) is 57.6 Å². The maximum Gasteiger partial charge on any atom is 0.246 e. The van der Waals surface area contributed by atoms with E-state index in [0.717, 1.165) is 25.7 Å². The predicted molar refractivity (Wildman–Crippen MR) is 64.1 cm³/mol. The van der Waals surface area contributed by atoms with Crippen LogP contribution in [0.3, 0.4) is 0 Å². The number of carbonyl (C=O) groups excluding carboxylic acids is 1. The molecular weight excluding hydrogens is 204 g/mol. The molecule has 0 aliphatic heterocycles. The van der Waals surface area contributed by atoms with E-state index >= 15 is 0 Å². The zero-order valence-electron chi connectivity index (χ0n) is 10.6. The van der Waals surface area contributed by atoms with Crippen molar-refractivity contribution in [3.05, 3.63) is 0 Å². The summed E-state index contributed by atoms with van der Waals surface area (Å²) in [6, 6.07) is 0. The molecule has 0 spiro atoms. The maximum atomic E-state index is 11.7. The summed E-state index contributed by atoms with van der Waals surface area (Å²) in [6.07, 6.45) is 4.28. The first-order valence-corrected chi connectivity index (χ1v) is 6.02. The van der Waals surface area contributed by atoms with Gasteiger partial charge in [0.2, 0.25) is 5.91 Å². The number of nitrogens with one attached hydrogen (secondary N) is 1. The van der Waals surface area contributed by atoms with Gasteiger partial charge in [0.1, 0.15) is 6.61 Å². The van der Waals surface area contributed by atoms with Crippen LogP contribution in [0.15, 0.2) is 0 Å². The molecule has 0 aromatic carbocycles. The molecule has 1 saturated carbocycles. The molecule has 94 valence electrons. The average Bonchev–Trinajstić information content (AvgIpc) is 2.63. The summed E-state index contributed by atoms with van der Waals surface area (Å²) in [5, 5.41) is 3.03. The molecule has 3 N–H and O–H groups in total. The summed E-state index contributed by atoms with van der Waals surface area (Å²) in [5.74, 6) is -0.0534. The minimum absolute atomic E-state index is 0.0534. The van der Waals surface area contributed by atoms with E-state index in [0.29, 0.717) is 6.54 Å². The lowest BCUT2D eigenvalue weighted by molar-refractivity contribution is -0.132. The molecule has 0 bridgehead atoms. The minimum Gasteiger partial charge on any atom is -0.366 e. The van der Waals surface area contributed by atoms with Crippen LogP contribution in [-0.2, 0) is 9.53 Å². The van der Waals surface area contributed by atoms with Gasteiger partial charge in [0.15, 0.2) is 0 Å². The van der Waals surface area contributed by atoms with Crippen molar-refractivity contribution in [2.24, 2.45) is 5.73 Å². The SMILES string of the molecule is CC(C)(C)OCC(=O)NC1(CN)CCCC1. The number of hydrogen-bond acceptors (Lipinski definition) is 3. The molecule has 16 heavy (non-hydrogen) atoms. The monoisotopic (exact) mass is 228 g/mol. The number of rotatable bonds is 4. The van der Waals surface area contributed by atoms with Crippen LogP contribution in [0.5, 0.6) is 0 Å². The molecule has 0 saturated heterocycles. The van der Waals surface area contributed by atoms with Gasteiger partial charge < -0.3 is 15.8 Å². The Morgan fingerprint density at radius 3 is 2.38 bits per heavy atom. The Morgan fingerprint density at radius 2 is 1.94 bits per heavy atom. The lowest BCUT2D eigenvalue weighted by Crippen LogP contribution is -2.53. The van der Waals surface area contributed by atoms with E-state index in [-0.39, 0.29) is 23.7 Å². The van der Waals surface area contributed by atoms with Crippen LogP contribution in [0, 0.1) is 0 Å². The highest BCUT2D eigenvalue weighted by molar-refractivity contribution is 5.78. The van der Waals surface area contributed by atoms with E-state index in [9.17, 15) is 4.79 Å². The molecule has 1 rings (SSSR count). The second kappa shape index (κ2) is 5.15. The van der Waals surface area contributed by atoms with Gasteiger partial charge in [-0.05, 0) is 33.6 Å². The molecule has 0 aromatic rings. The molecule has 0 atom stereocenters.